The molecule has 25 atom stereocenters. The highest BCUT2D eigenvalue weighted by Crippen LogP contribution is 2.36. The van der Waals surface area contributed by atoms with E-state index < -0.39 is 203 Å². The maximum absolute atomic E-state index is 12.7. The molecule has 5 rings (SSSR count). The van der Waals surface area contributed by atoms with Gasteiger partial charge in [-0.05, 0) is 13.3 Å². The fraction of sp³-hybridized carbons (Fsp3) is 0.878. The van der Waals surface area contributed by atoms with E-state index in [-0.39, 0.29) is 18.6 Å². The molecule has 71 heavy (non-hydrogen) atoms. The lowest BCUT2D eigenvalue weighted by atomic mass is 9.92. The zero-order chi connectivity index (χ0) is 52.8. The van der Waals surface area contributed by atoms with Crippen LogP contribution in [-0.2, 0) is 66.6 Å². The summed E-state index contributed by atoms with van der Waals surface area (Å²) in [6.07, 6.45) is -33.9. The first-order valence-corrected chi connectivity index (χ1v) is 22.9. The maximum Gasteiger partial charge on any atom is 0.217 e. The number of nitrogens with two attached hydrogens (primary N) is 1. The average molecular weight is 1030 g/mol. The van der Waals surface area contributed by atoms with Gasteiger partial charge in [-0.3, -0.25) is 19.2 Å². The molecule has 0 aromatic rings. The molecule has 408 valence electrons. The number of hydrogen-bond acceptors (Lipinski definition) is 26. The zero-order valence-corrected chi connectivity index (χ0v) is 39.4. The van der Waals surface area contributed by atoms with Gasteiger partial charge in [0.2, 0.25) is 23.6 Å². The lowest BCUT2D eigenvalue weighted by molar-refractivity contribution is -0.367. The lowest BCUT2D eigenvalue weighted by Gasteiger charge is -2.51. The summed E-state index contributed by atoms with van der Waals surface area (Å²) in [4.78, 5) is 61.2. The van der Waals surface area contributed by atoms with Gasteiger partial charge in [-0.2, -0.15) is 0 Å². The third-order valence-corrected chi connectivity index (χ3v) is 12.6. The Morgan fingerprint density at radius 3 is 1.04 bits per heavy atom. The Morgan fingerprint density at radius 1 is 0.423 bits per heavy atom. The average Bonchev–Trinajstić information content (AvgIpc) is 3.30. The van der Waals surface area contributed by atoms with Gasteiger partial charge >= 0.3 is 0 Å². The van der Waals surface area contributed by atoms with E-state index in [0.717, 1.165) is 27.7 Å². The highest BCUT2D eigenvalue weighted by molar-refractivity contribution is 5.75. The molecule has 30 nitrogen and oxygen atoms in total. The molecule has 25 unspecified atom stereocenters. The fourth-order valence-electron chi connectivity index (χ4n) is 9.14. The van der Waals surface area contributed by atoms with Gasteiger partial charge in [-0.15, -0.1) is 0 Å². The molecule has 5 aliphatic heterocycles. The summed E-state index contributed by atoms with van der Waals surface area (Å²) in [5.74, 6) is -3.25. The van der Waals surface area contributed by atoms with Crippen LogP contribution >= 0.6 is 0 Å². The Hall–Kier alpha value is -3.29. The largest absolute Gasteiger partial charge is 0.394 e. The summed E-state index contributed by atoms with van der Waals surface area (Å²) < 4.78 is 53.2. The molecule has 0 aliphatic carbocycles. The van der Waals surface area contributed by atoms with Gasteiger partial charge < -0.3 is 131 Å². The second-order valence-corrected chi connectivity index (χ2v) is 18.0. The van der Waals surface area contributed by atoms with Crippen LogP contribution in [0.5, 0.6) is 0 Å². The second kappa shape index (κ2) is 25.8. The van der Waals surface area contributed by atoms with Gasteiger partial charge in [0, 0.05) is 34.1 Å². The molecule has 5 heterocycles. The van der Waals surface area contributed by atoms with Crippen LogP contribution in [-0.4, -0.2) is 265 Å². The van der Waals surface area contributed by atoms with Crippen molar-refractivity contribution >= 4 is 29.4 Å². The quantitative estimate of drug-likeness (QED) is 0.0571. The number of carbonyl (C=O) groups excluding carboxylic acids is 5. The maximum atomic E-state index is 12.7. The number of nitrogens with one attached hydrogen (secondary N) is 4. The van der Waals surface area contributed by atoms with E-state index in [1.54, 1.807) is 0 Å². The number of amides is 4. The SMILES string of the molecule is CC(=O)CCC1OC(OC2C(CO)OC(OC3C(CO)OC(OC4C(CO)OC(OC5C(CO)OC(O)C(NC(C)=O)C5O)C(NC(C)=O)C4O)C(NC(C)=O)C3O)C(NC(C)=O)C2O)C(N)C(O)C1O. The molecule has 0 aromatic carbocycles. The first kappa shape index (κ1) is 58.6. The molecular formula is C41H69N5O25. The third kappa shape index (κ3) is 13.9. The van der Waals surface area contributed by atoms with Crippen LogP contribution in [0.1, 0.15) is 47.5 Å². The number of aliphatic hydroxyl groups is 11. The van der Waals surface area contributed by atoms with Crippen molar-refractivity contribution in [3.8, 4) is 0 Å². The van der Waals surface area contributed by atoms with E-state index in [4.69, 9.17) is 48.4 Å². The molecule has 5 saturated heterocycles. The van der Waals surface area contributed by atoms with Gasteiger partial charge in [-0.25, -0.2) is 0 Å². The Labute approximate surface area is 405 Å². The molecular weight excluding hydrogens is 962 g/mol. The number of rotatable bonds is 19. The minimum atomic E-state index is -1.98. The van der Waals surface area contributed by atoms with Crippen LogP contribution in [0.15, 0.2) is 0 Å². The number of aliphatic hydroxyl groups excluding tert-OH is 11. The van der Waals surface area contributed by atoms with E-state index in [1.807, 2.05) is 0 Å². The monoisotopic (exact) mass is 1030 g/mol. The van der Waals surface area contributed by atoms with Gasteiger partial charge in [-0.1, -0.05) is 0 Å². The van der Waals surface area contributed by atoms with Crippen molar-refractivity contribution in [3.05, 3.63) is 0 Å². The van der Waals surface area contributed by atoms with Crippen molar-refractivity contribution in [2.75, 3.05) is 26.4 Å². The summed E-state index contributed by atoms with van der Waals surface area (Å²) >= 11 is 0. The Kier molecular flexibility index (Phi) is 21.3. The summed E-state index contributed by atoms with van der Waals surface area (Å²) in [5.41, 5.74) is 6.13. The summed E-state index contributed by atoms with van der Waals surface area (Å²) in [6, 6.07) is -7.90. The van der Waals surface area contributed by atoms with E-state index in [1.165, 1.54) is 6.92 Å². The minimum Gasteiger partial charge on any atom is -0.394 e. The van der Waals surface area contributed by atoms with Crippen LogP contribution in [0.2, 0.25) is 0 Å². The first-order valence-electron chi connectivity index (χ1n) is 22.9. The third-order valence-electron chi connectivity index (χ3n) is 12.6. The minimum absolute atomic E-state index is 0.0429. The topological polar surface area (TPSA) is 465 Å². The predicted molar refractivity (Wildman–Crippen MR) is 228 cm³/mol. The number of Topliss-reactive ketones (excluding diaryl/α,β-unsaturated/α-hetero) is 1. The van der Waals surface area contributed by atoms with Crippen molar-refractivity contribution in [3.63, 3.8) is 0 Å². The van der Waals surface area contributed by atoms with E-state index >= 15 is 0 Å². The standard InChI is InChI=1S/C41H69N5O25/c1-12(51)6-7-17-27(56)28(57)22(42)38(64-17)68-34-19(9-48)65-40(24(30(34)59)44-14(3)53)70-36-21(11-50)67-41(26(32(36)61)46-16(5)55)71-35-20(10-49)66-39(25(31(35)60)45-15(4)54)69-33-18(8-47)63-37(62)23(29(33)58)43-13(2)52/h17-41,47-50,56-62H,6-11,42H2,1-5H3,(H,43,52)(H,44,53)(H,45,54)(H,46,55). The molecule has 0 saturated carbocycles. The van der Waals surface area contributed by atoms with Crippen molar-refractivity contribution in [2.45, 2.75) is 201 Å². The molecule has 5 aliphatic rings. The van der Waals surface area contributed by atoms with E-state index in [0.29, 0.717) is 0 Å². The number of ketones is 1. The Morgan fingerprint density at radius 2 is 0.718 bits per heavy atom. The normalized spacial score (nSPS) is 44.0. The van der Waals surface area contributed by atoms with E-state index in [9.17, 15) is 80.1 Å². The molecule has 0 aromatic heterocycles. The zero-order valence-electron chi connectivity index (χ0n) is 39.4. The molecule has 0 radical (unpaired) electrons. The van der Waals surface area contributed by atoms with Crippen molar-refractivity contribution in [2.24, 2.45) is 5.73 Å². The Balaban J connectivity index is 1.38. The van der Waals surface area contributed by atoms with Crippen LogP contribution in [0, 0.1) is 0 Å². The van der Waals surface area contributed by atoms with Crippen molar-refractivity contribution in [1.82, 2.24) is 21.3 Å². The van der Waals surface area contributed by atoms with Crippen LogP contribution < -0.4 is 27.0 Å². The first-order chi connectivity index (χ1) is 33.5. The van der Waals surface area contributed by atoms with Crippen LogP contribution in [0.25, 0.3) is 0 Å². The highest BCUT2D eigenvalue weighted by atomic mass is 16.8. The van der Waals surface area contributed by atoms with E-state index in [2.05, 4.69) is 21.3 Å². The molecule has 0 spiro atoms. The summed E-state index contributed by atoms with van der Waals surface area (Å²) in [5, 5.41) is 130. The lowest BCUT2D eigenvalue weighted by Crippen LogP contribution is -2.72. The van der Waals surface area contributed by atoms with Crippen molar-refractivity contribution < 1.29 is 123 Å². The summed E-state index contributed by atoms with van der Waals surface area (Å²) in [6.45, 7) is 1.87. The van der Waals surface area contributed by atoms with Gasteiger partial charge in [0.15, 0.2) is 31.5 Å². The fourth-order valence-corrected chi connectivity index (χ4v) is 9.14. The Bertz CT molecular complexity index is 1790. The number of ether oxygens (including phenoxy) is 9. The molecule has 4 amide bonds. The van der Waals surface area contributed by atoms with Gasteiger partial charge in [0.1, 0.15) is 115 Å². The molecule has 17 N–H and O–H groups in total. The van der Waals surface area contributed by atoms with Gasteiger partial charge in [0.05, 0.1) is 38.6 Å². The molecule has 0 bridgehead atoms. The number of carbonyl (C=O) groups is 5. The molecule has 30 heteroatoms. The smallest absolute Gasteiger partial charge is 0.217 e. The van der Waals surface area contributed by atoms with Crippen molar-refractivity contribution in [1.29, 1.82) is 0 Å². The van der Waals surface area contributed by atoms with Gasteiger partial charge in [0.25, 0.3) is 0 Å². The predicted octanol–water partition coefficient (Wildman–Crippen LogP) is -10.0. The second-order valence-electron chi connectivity index (χ2n) is 18.0. The highest BCUT2D eigenvalue weighted by Gasteiger charge is 2.57. The molecule has 5 fully saturated rings. The number of hydrogen-bond donors (Lipinski definition) is 16. The van der Waals surface area contributed by atoms with Crippen LogP contribution in [0.4, 0.5) is 0 Å². The summed E-state index contributed by atoms with van der Waals surface area (Å²) in [7, 11) is 0. The van der Waals surface area contributed by atoms with Crippen LogP contribution in [0.3, 0.4) is 0 Å².